The molecule has 0 bridgehead atoms. The van der Waals surface area contributed by atoms with E-state index in [9.17, 15) is 4.79 Å². The number of methoxy groups -OCH3 is 1. The summed E-state index contributed by atoms with van der Waals surface area (Å²) in [4.78, 5) is 16.0. The molecule has 4 nitrogen and oxygen atoms in total. The highest BCUT2D eigenvalue weighted by molar-refractivity contribution is 5.87. The number of H-pyrrole nitrogens is 1. The summed E-state index contributed by atoms with van der Waals surface area (Å²) in [6.07, 6.45) is 3.50. The van der Waals surface area contributed by atoms with Crippen LogP contribution in [0.25, 0.3) is 10.9 Å². The largest absolute Gasteiger partial charge is 0.497 e. The second kappa shape index (κ2) is 6.63. The molecular formula is C21H22N2O2. The standard InChI is InChI=1S/C21H22N2O2/c1-25-15-10-11-18-17(13-15)16-8-5-9-19(21(16)23-18)22-20(24)12-14-6-3-2-4-7-14/h2-4,6-7,10-11,13,19,23H,5,8-9,12H2,1H3,(H,22,24). The Labute approximate surface area is 147 Å². The van der Waals surface area contributed by atoms with Crippen molar-refractivity contribution in [2.24, 2.45) is 0 Å². The van der Waals surface area contributed by atoms with E-state index in [1.165, 1.54) is 10.9 Å². The molecule has 1 heterocycles. The molecule has 0 saturated carbocycles. The van der Waals surface area contributed by atoms with Crippen LogP contribution in [0.5, 0.6) is 5.75 Å². The number of ether oxygens (including phenoxy) is 1. The molecule has 3 aromatic rings. The number of aromatic amines is 1. The third-order valence-corrected chi connectivity index (χ3v) is 4.96. The smallest absolute Gasteiger partial charge is 0.224 e. The van der Waals surface area contributed by atoms with E-state index in [0.717, 1.165) is 41.8 Å². The van der Waals surface area contributed by atoms with Gasteiger partial charge in [-0.2, -0.15) is 0 Å². The van der Waals surface area contributed by atoms with Crippen molar-refractivity contribution in [2.45, 2.75) is 31.7 Å². The summed E-state index contributed by atoms with van der Waals surface area (Å²) >= 11 is 0. The molecule has 1 atom stereocenters. The van der Waals surface area contributed by atoms with Gasteiger partial charge in [-0.25, -0.2) is 0 Å². The molecule has 0 saturated heterocycles. The van der Waals surface area contributed by atoms with Crippen molar-refractivity contribution >= 4 is 16.8 Å². The lowest BCUT2D eigenvalue weighted by atomic mass is 9.91. The van der Waals surface area contributed by atoms with Crippen LogP contribution < -0.4 is 10.1 Å². The van der Waals surface area contributed by atoms with Gasteiger partial charge in [0.1, 0.15) is 5.75 Å². The van der Waals surface area contributed by atoms with Crippen LogP contribution >= 0.6 is 0 Å². The first-order chi connectivity index (χ1) is 12.2. The molecule has 4 rings (SSSR count). The van der Waals surface area contributed by atoms with Gasteiger partial charge in [0.15, 0.2) is 0 Å². The minimum Gasteiger partial charge on any atom is -0.497 e. The summed E-state index contributed by atoms with van der Waals surface area (Å²) < 4.78 is 5.36. The van der Waals surface area contributed by atoms with Gasteiger partial charge in [0, 0.05) is 16.6 Å². The number of carbonyl (C=O) groups excluding carboxylic acids is 1. The van der Waals surface area contributed by atoms with E-state index in [1.807, 2.05) is 36.4 Å². The summed E-state index contributed by atoms with van der Waals surface area (Å²) in [5.74, 6) is 0.935. The summed E-state index contributed by atoms with van der Waals surface area (Å²) in [7, 11) is 1.69. The van der Waals surface area contributed by atoms with Gasteiger partial charge in [0.05, 0.1) is 19.6 Å². The molecule has 1 aliphatic carbocycles. The van der Waals surface area contributed by atoms with E-state index >= 15 is 0 Å². The number of aryl methyl sites for hydroxylation is 1. The quantitative estimate of drug-likeness (QED) is 0.760. The maximum absolute atomic E-state index is 12.5. The van der Waals surface area contributed by atoms with Crippen LogP contribution in [0.2, 0.25) is 0 Å². The van der Waals surface area contributed by atoms with Crippen LogP contribution in [-0.2, 0) is 17.6 Å². The predicted molar refractivity (Wildman–Crippen MR) is 98.8 cm³/mol. The molecule has 25 heavy (non-hydrogen) atoms. The van der Waals surface area contributed by atoms with Crippen molar-refractivity contribution in [2.75, 3.05) is 7.11 Å². The summed E-state index contributed by atoms with van der Waals surface area (Å²) in [6, 6.07) is 16.0. The van der Waals surface area contributed by atoms with E-state index in [-0.39, 0.29) is 11.9 Å². The Morgan fingerprint density at radius 1 is 1.24 bits per heavy atom. The highest BCUT2D eigenvalue weighted by Gasteiger charge is 2.25. The van der Waals surface area contributed by atoms with Gasteiger partial charge in [0.25, 0.3) is 0 Å². The molecule has 0 aliphatic heterocycles. The number of carbonyl (C=O) groups is 1. The van der Waals surface area contributed by atoms with Gasteiger partial charge >= 0.3 is 0 Å². The van der Waals surface area contributed by atoms with Crippen molar-refractivity contribution in [3.05, 3.63) is 65.4 Å². The van der Waals surface area contributed by atoms with Gasteiger partial charge in [-0.15, -0.1) is 0 Å². The van der Waals surface area contributed by atoms with E-state index in [2.05, 4.69) is 22.4 Å². The maximum atomic E-state index is 12.5. The number of nitrogens with one attached hydrogen (secondary N) is 2. The fourth-order valence-corrected chi connectivity index (χ4v) is 3.74. The Balaban J connectivity index is 1.58. The monoisotopic (exact) mass is 334 g/mol. The number of amides is 1. The zero-order valence-corrected chi connectivity index (χ0v) is 14.3. The van der Waals surface area contributed by atoms with Gasteiger partial charge < -0.3 is 15.0 Å². The van der Waals surface area contributed by atoms with Crippen LogP contribution in [0.4, 0.5) is 0 Å². The lowest BCUT2D eigenvalue weighted by Crippen LogP contribution is -2.32. The molecule has 1 aromatic heterocycles. The Bertz CT molecular complexity index is 899. The fraction of sp³-hybridized carbons (Fsp3) is 0.286. The predicted octanol–water partition coefficient (Wildman–Crippen LogP) is 3.91. The first-order valence-electron chi connectivity index (χ1n) is 8.76. The Morgan fingerprint density at radius 2 is 2.08 bits per heavy atom. The van der Waals surface area contributed by atoms with E-state index in [1.54, 1.807) is 7.11 Å². The van der Waals surface area contributed by atoms with Crippen molar-refractivity contribution in [3.8, 4) is 5.75 Å². The van der Waals surface area contributed by atoms with Crippen molar-refractivity contribution in [1.29, 1.82) is 0 Å². The SMILES string of the molecule is COc1ccc2[nH]c3c(c2c1)CCCC3NC(=O)Cc1ccccc1. The molecule has 2 N–H and O–H groups in total. The van der Waals surface area contributed by atoms with Gasteiger partial charge in [-0.3, -0.25) is 4.79 Å². The minimum atomic E-state index is 0.0540. The first-order valence-corrected chi connectivity index (χ1v) is 8.76. The van der Waals surface area contributed by atoms with Crippen molar-refractivity contribution in [3.63, 3.8) is 0 Å². The topological polar surface area (TPSA) is 54.1 Å². The zero-order valence-electron chi connectivity index (χ0n) is 14.3. The number of aromatic nitrogens is 1. The lowest BCUT2D eigenvalue weighted by molar-refractivity contribution is -0.121. The number of benzene rings is 2. The summed E-state index contributed by atoms with van der Waals surface area (Å²) in [6.45, 7) is 0. The zero-order chi connectivity index (χ0) is 17.2. The molecule has 1 aliphatic rings. The minimum absolute atomic E-state index is 0.0540. The number of fused-ring (bicyclic) bond motifs is 3. The average molecular weight is 334 g/mol. The second-order valence-corrected chi connectivity index (χ2v) is 6.60. The normalized spacial score (nSPS) is 16.4. The average Bonchev–Trinajstić information content (AvgIpc) is 3.01. The Kier molecular flexibility index (Phi) is 4.18. The van der Waals surface area contributed by atoms with E-state index in [4.69, 9.17) is 4.74 Å². The Hall–Kier alpha value is -2.75. The molecule has 0 radical (unpaired) electrons. The van der Waals surface area contributed by atoms with Crippen molar-refractivity contribution < 1.29 is 9.53 Å². The molecule has 0 spiro atoms. The maximum Gasteiger partial charge on any atom is 0.224 e. The molecule has 2 aromatic carbocycles. The van der Waals surface area contributed by atoms with Crippen LogP contribution in [-0.4, -0.2) is 18.0 Å². The van der Waals surface area contributed by atoms with Gasteiger partial charge in [-0.1, -0.05) is 30.3 Å². The number of hydrogen-bond acceptors (Lipinski definition) is 2. The molecular weight excluding hydrogens is 312 g/mol. The Morgan fingerprint density at radius 3 is 2.88 bits per heavy atom. The number of hydrogen-bond donors (Lipinski definition) is 2. The third kappa shape index (κ3) is 3.12. The van der Waals surface area contributed by atoms with Crippen LogP contribution in [0, 0.1) is 0 Å². The highest BCUT2D eigenvalue weighted by Crippen LogP contribution is 2.36. The molecule has 4 heteroatoms. The molecule has 128 valence electrons. The van der Waals surface area contributed by atoms with Gasteiger partial charge in [0.2, 0.25) is 5.91 Å². The van der Waals surface area contributed by atoms with E-state index < -0.39 is 0 Å². The first kappa shape index (κ1) is 15.8. The highest BCUT2D eigenvalue weighted by atomic mass is 16.5. The van der Waals surface area contributed by atoms with Gasteiger partial charge in [-0.05, 0) is 48.6 Å². The second-order valence-electron chi connectivity index (χ2n) is 6.60. The van der Waals surface area contributed by atoms with Crippen molar-refractivity contribution in [1.82, 2.24) is 10.3 Å². The van der Waals surface area contributed by atoms with Crippen LogP contribution in [0.15, 0.2) is 48.5 Å². The third-order valence-electron chi connectivity index (χ3n) is 4.96. The molecule has 1 amide bonds. The van der Waals surface area contributed by atoms with Crippen LogP contribution in [0.3, 0.4) is 0 Å². The number of rotatable bonds is 4. The molecule has 1 unspecified atom stereocenters. The van der Waals surface area contributed by atoms with Crippen LogP contribution in [0.1, 0.15) is 35.7 Å². The molecule has 0 fully saturated rings. The van der Waals surface area contributed by atoms with E-state index in [0.29, 0.717) is 6.42 Å². The fourth-order valence-electron chi connectivity index (χ4n) is 3.74. The lowest BCUT2D eigenvalue weighted by Gasteiger charge is -2.24. The summed E-state index contributed by atoms with van der Waals surface area (Å²) in [5, 5.41) is 4.42. The summed E-state index contributed by atoms with van der Waals surface area (Å²) in [5.41, 5.74) is 4.61.